The maximum atomic E-state index is 2.53. The predicted octanol–water partition coefficient (Wildman–Crippen LogP) is 18.4. The van der Waals surface area contributed by atoms with Crippen LogP contribution in [0.2, 0.25) is 0 Å². The van der Waals surface area contributed by atoms with E-state index in [4.69, 9.17) is 0 Å². The summed E-state index contributed by atoms with van der Waals surface area (Å²) in [4.78, 5) is 5.44. The molecule has 0 fully saturated rings. The van der Waals surface area contributed by atoms with Crippen LogP contribution < -0.4 is 0 Å². The minimum atomic E-state index is -1.93. The summed E-state index contributed by atoms with van der Waals surface area (Å²) < 4.78 is 2.52. The van der Waals surface area contributed by atoms with E-state index in [0.717, 1.165) is 5.69 Å². The number of fused-ring (bicyclic) bond motifs is 8. The van der Waals surface area contributed by atoms with Gasteiger partial charge in [0.2, 0.25) is 0 Å². The van der Waals surface area contributed by atoms with Crippen molar-refractivity contribution in [2.45, 2.75) is 33.4 Å². The highest BCUT2D eigenvalue weighted by Gasteiger charge is 2.42. The third kappa shape index (κ3) is 6.17. The minimum absolute atomic E-state index is 1.16. The largest absolute Gasteiger partial charge is 0.309 e. The third-order valence-electron chi connectivity index (χ3n) is 13.4. The van der Waals surface area contributed by atoms with Crippen LogP contribution in [-0.2, 0) is 0 Å². The summed E-state index contributed by atoms with van der Waals surface area (Å²) in [5, 5.41) is 7.50. The second-order valence-corrected chi connectivity index (χ2v) is 19.9. The van der Waals surface area contributed by atoms with Crippen molar-refractivity contribution in [3.8, 4) is 50.2 Å². The molecule has 1 aromatic heterocycles. The van der Waals surface area contributed by atoms with E-state index in [2.05, 4.69) is 253 Å². The molecule has 1 aliphatic rings. The van der Waals surface area contributed by atoms with Crippen LogP contribution in [0.3, 0.4) is 0 Å². The van der Waals surface area contributed by atoms with Gasteiger partial charge < -0.3 is 4.57 Å². The standard InChI is InChI=1S/C62H41NS.C2H6/c1-4-16-42(17-5-1)45-30-34-55-56-35-33-48(41-62(56)64(61(55)40-45,49-22-6-2-7-23-49)50-24-8-3-9-25-50)63-59-36-31-46(53-28-14-20-43-18-10-12-26-51(43)53)38-57(59)58-39-47(32-37-60(58)63)54-29-15-21-44-19-11-13-27-52(44)54;1-2/h1-41H;1-2H3. The molecule has 66 heavy (non-hydrogen) atoms. The first-order valence-electron chi connectivity index (χ1n) is 23.1. The SMILES string of the molecule is CC.c1ccc(-c2ccc3c(c2)S(c2ccccc2)(c2ccccc2)c2cc(-n4c5ccc(-c6cccc7ccccc67)cc5c5cc(-c6cccc7ccccc67)ccc54)ccc2-3)cc1. The minimum Gasteiger partial charge on any atom is -0.309 e. The molecule has 13 rings (SSSR count). The van der Waals surface area contributed by atoms with Crippen molar-refractivity contribution in [2.75, 3.05) is 0 Å². The van der Waals surface area contributed by atoms with Crippen LogP contribution in [0.4, 0.5) is 0 Å². The lowest BCUT2D eigenvalue weighted by molar-refractivity contribution is 1.16. The summed E-state index contributed by atoms with van der Waals surface area (Å²) in [5.74, 6) is 0. The Kier molecular flexibility index (Phi) is 9.77. The molecule has 0 saturated heterocycles. The van der Waals surface area contributed by atoms with Gasteiger partial charge in [-0.25, -0.2) is 0 Å². The Bertz CT molecular complexity index is 3590. The van der Waals surface area contributed by atoms with Crippen molar-refractivity contribution >= 4 is 53.4 Å². The average molecular weight is 862 g/mol. The highest BCUT2D eigenvalue weighted by molar-refractivity contribution is 8.34. The number of benzene rings is 11. The Morgan fingerprint density at radius 2 is 0.727 bits per heavy atom. The van der Waals surface area contributed by atoms with E-state index >= 15 is 0 Å². The molecule has 2 heterocycles. The van der Waals surface area contributed by atoms with Gasteiger partial charge in [-0.15, -0.1) is 10.0 Å². The fraction of sp³-hybridized carbons (Fsp3) is 0.0312. The Hall–Kier alpha value is -7.91. The van der Waals surface area contributed by atoms with E-state index in [-0.39, 0.29) is 0 Å². The molecule has 1 nitrogen and oxygen atoms in total. The zero-order valence-electron chi connectivity index (χ0n) is 37.0. The molecule has 0 amide bonds. The lowest BCUT2D eigenvalue weighted by atomic mass is 9.95. The molecule has 0 aliphatic carbocycles. The van der Waals surface area contributed by atoms with E-state index in [1.807, 2.05) is 13.8 Å². The Morgan fingerprint density at radius 3 is 1.27 bits per heavy atom. The normalized spacial score (nSPS) is 13.0. The van der Waals surface area contributed by atoms with Crippen LogP contribution in [0.5, 0.6) is 0 Å². The summed E-state index contributed by atoms with van der Waals surface area (Å²) in [5.41, 5.74) is 13.6. The Labute approximate surface area is 388 Å². The van der Waals surface area contributed by atoms with E-state index < -0.39 is 10.0 Å². The Balaban J connectivity index is 0.00000225. The van der Waals surface area contributed by atoms with Crippen LogP contribution >= 0.6 is 10.0 Å². The molecule has 1 aliphatic heterocycles. The van der Waals surface area contributed by atoms with Gasteiger partial charge in [-0.2, -0.15) is 0 Å². The van der Waals surface area contributed by atoms with Crippen LogP contribution in [0.1, 0.15) is 13.8 Å². The summed E-state index contributed by atoms with van der Waals surface area (Å²) in [6.45, 7) is 4.00. The summed E-state index contributed by atoms with van der Waals surface area (Å²) in [7, 11) is -1.93. The number of hydrogen-bond acceptors (Lipinski definition) is 0. The Morgan fingerprint density at radius 1 is 0.288 bits per heavy atom. The van der Waals surface area contributed by atoms with Crippen molar-refractivity contribution in [2.24, 2.45) is 0 Å². The summed E-state index contributed by atoms with van der Waals surface area (Å²) >= 11 is 0. The van der Waals surface area contributed by atoms with Gasteiger partial charge in [-0.05, 0) is 133 Å². The zero-order valence-corrected chi connectivity index (χ0v) is 37.8. The quantitative estimate of drug-likeness (QED) is 0.157. The molecule has 0 unspecified atom stereocenters. The van der Waals surface area contributed by atoms with Crippen molar-refractivity contribution in [1.29, 1.82) is 0 Å². The van der Waals surface area contributed by atoms with Gasteiger partial charge in [-0.1, -0.05) is 196 Å². The van der Waals surface area contributed by atoms with Crippen molar-refractivity contribution < 1.29 is 0 Å². The molecule has 0 radical (unpaired) electrons. The molecule has 0 bridgehead atoms. The first-order valence-corrected chi connectivity index (χ1v) is 24.7. The van der Waals surface area contributed by atoms with Crippen LogP contribution in [0, 0.1) is 0 Å². The van der Waals surface area contributed by atoms with Crippen LogP contribution in [0.25, 0.3) is 93.5 Å². The van der Waals surface area contributed by atoms with Gasteiger partial charge in [0.1, 0.15) is 0 Å². The highest BCUT2D eigenvalue weighted by Crippen LogP contribution is 2.80. The van der Waals surface area contributed by atoms with Gasteiger partial charge >= 0.3 is 0 Å². The summed E-state index contributed by atoms with van der Waals surface area (Å²) in [6.07, 6.45) is 0. The van der Waals surface area contributed by atoms with Crippen LogP contribution in [0.15, 0.2) is 268 Å². The third-order valence-corrected chi connectivity index (χ3v) is 17.4. The number of aromatic nitrogens is 1. The maximum Gasteiger partial charge on any atom is 0.0541 e. The van der Waals surface area contributed by atoms with E-state index in [9.17, 15) is 0 Å². The second kappa shape index (κ2) is 16.3. The zero-order chi connectivity index (χ0) is 44.2. The van der Waals surface area contributed by atoms with Gasteiger partial charge in [0.15, 0.2) is 0 Å². The number of hydrogen-bond donors (Lipinski definition) is 0. The van der Waals surface area contributed by atoms with Crippen molar-refractivity contribution in [3.63, 3.8) is 0 Å². The molecule has 2 heteroatoms. The van der Waals surface area contributed by atoms with Gasteiger partial charge in [0.25, 0.3) is 0 Å². The molecular formula is C64H47NS. The second-order valence-electron chi connectivity index (χ2n) is 16.8. The lowest BCUT2D eigenvalue weighted by Gasteiger charge is -2.39. The van der Waals surface area contributed by atoms with E-state index in [1.54, 1.807) is 0 Å². The fourth-order valence-corrected chi connectivity index (χ4v) is 14.8. The number of rotatable bonds is 6. The lowest BCUT2D eigenvalue weighted by Crippen LogP contribution is -2.03. The average Bonchev–Trinajstić information content (AvgIpc) is 3.88. The molecule has 0 spiro atoms. The molecule has 11 aromatic carbocycles. The van der Waals surface area contributed by atoms with Gasteiger partial charge in [0.05, 0.1) is 11.0 Å². The fourth-order valence-electron chi connectivity index (χ4n) is 10.5. The van der Waals surface area contributed by atoms with Crippen molar-refractivity contribution in [3.05, 3.63) is 249 Å². The van der Waals surface area contributed by atoms with Crippen molar-refractivity contribution in [1.82, 2.24) is 4.57 Å². The van der Waals surface area contributed by atoms with Gasteiger partial charge in [-0.3, -0.25) is 0 Å². The molecule has 12 aromatic rings. The van der Waals surface area contributed by atoms with Crippen LogP contribution in [-0.4, -0.2) is 4.57 Å². The van der Waals surface area contributed by atoms with E-state index in [0.29, 0.717) is 0 Å². The predicted molar refractivity (Wildman–Crippen MR) is 282 cm³/mol. The molecule has 314 valence electrons. The number of nitrogens with zero attached hydrogens (tertiary/aromatic N) is 1. The monoisotopic (exact) mass is 861 g/mol. The first kappa shape index (κ1) is 39.7. The highest BCUT2D eigenvalue weighted by atomic mass is 32.3. The summed E-state index contributed by atoms with van der Waals surface area (Å²) in [6, 6.07) is 92.8. The molecule has 0 N–H and O–H groups in total. The first-order chi connectivity index (χ1) is 32.7. The molecule has 0 saturated carbocycles. The van der Waals surface area contributed by atoms with E-state index in [1.165, 1.54) is 107 Å². The molecule has 0 atom stereocenters. The topological polar surface area (TPSA) is 4.93 Å². The maximum absolute atomic E-state index is 2.53. The smallest absolute Gasteiger partial charge is 0.0541 e. The molecular weight excluding hydrogens is 815 g/mol. The van der Waals surface area contributed by atoms with Gasteiger partial charge in [0, 0.05) is 36.0 Å².